The molecule has 10 N–H and O–H groups in total. The minimum absolute atomic E-state index is 0.00694. The van der Waals surface area contributed by atoms with E-state index in [0.717, 1.165) is 80.0 Å². The molecule has 6 saturated carbocycles. The predicted octanol–water partition coefficient (Wildman–Crippen LogP) is 12.4. The summed E-state index contributed by atoms with van der Waals surface area (Å²) in [6.07, 6.45) is 34.7. The zero-order valence-electron chi connectivity index (χ0n) is 53.1. The van der Waals surface area contributed by atoms with Crippen LogP contribution in [0.1, 0.15) is 214 Å². The van der Waals surface area contributed by atoms with Crippen molar-refractivity contribution < 1.29 is 39.4 Å². The Morgan fingerprint density at radius 2 is 0.656 bits per heavy atom. The van der Waals surface area contributed by atoms with Crippen molar-refractivity contribution in [1.29, 1.82) is 0 Å². The Hall–Kier alpha value is 0.0384. The van der Waals surface area contributed by atoms with E-state index in [0.29, 0.717) is 72.5 Å². The summed E-state index contributed by atoms with van der Waals surface area (Å²) in [5, 5.41) is 38.2. The molecule has 0 saturated heterocycles. The summed E-state index contributed by atoms with van der Waals surface area (Å²) in [5.74, 6) is 0. The summed E-state index contributed by atoms with van der Waals surface area (Å²) in [4.78, 5) is 25.5. The van der Waals surface area contributed by atoms with Crippen molar-refractivity contribution in [3.63, 3.8) is 0 Å². The fraction of sp³-hybridized carbons (Fsp3) is 0.738. The van der Waals surface area contributed by atoms with Crippen LogP contribution in [-0.4, -0.2) is 139 Å². The van der Waals surface area contributed by atoms with Crippen LogP contribution in [0, 0.1) is 0 Å². The molecule has 3 aromatic heterocycles. The van der Waals surface area contributed by atoms with Gasteiger partial charge in [0, 0.05) is 142 Å². The van der Waals surface area contributed by atoms with Crippen LogP contribution in [0.5, 0.6) is 0 Å². The van der Waals surface area contributed by atoms with Gasteiger partial charge in [0.2, 0.25) is 0 Å². The molecule has 14 atom stereocenters. The molecule has 9 aliphatic rings. The number of thiol groups is 1. The van der Waals surface area contributed by atoms with Gasteiger partial charge in [0.15, 0.2) is 0 Å². The van der Waals surface area contributed by atoms with Gasteiger partial charge in [0.25, 0.3) is 0 Å². The summed E-state index contributed by atoms with van der Waals surface area (Å²) in [6, 6.07) is 23.6. The van der Waals surface area contributed by atoms with Gasteiger partial charge < -0.3 is 53.2 Å². The number of fused-ring (bicyclic) bond motifs is 12. The summed E-state index contributed by atoms with van der Waals surface area (Å²) in [6.45, 7) is 12.4. The third kappa shape index (κ3) is 27.7. The molecule has 12 rings (SSSR count). The molecule has 0 aromatic carbocycles. The Morgan fingerprint density at radius 1 is 0.367 bits per heavy atom. The first-order valence-electron chi connectivity index (χ1n) is 33.8. The van der Waals surface area contributed by atoms with Gasteiger partial charge in [0.05, 0.1) is 46.2 Å². The number of hydrogen-bond donors (Lipinski definition) is 11. The molecule has 6 heterocycles. The Morgan fingerprint density at radius 3 is 1.02 bits per heavy atom. The Balaban J connectivity index is 0.000000180. The summed E-state index contributed by atoms with van der Waals surface area (Å²) in [5.41, 5.74) is 6.43. The van der Waals surface area contributed by atoms with E-state index in [1.165, 1.54) is 165 Å². The topological polar surface area (TPSA) is 184 Å². The molecule has 15 nitrogen and oxygen atoms in total. The molecule has 6 bridgehead atoms. The first-order chi connectivity index (χ1) is 44.1. The molecular formula is C65H105Cl6Mn3N15S. The van der Waals surface area contributed by atoms with E-state index in [4.69, 9.17) is 85.5 Å². The molecule has 25 heteroatoms. The van der Waals surface area contributed by atoms with E-state index in [1.807, 2.05) is 24.6 Å². The van der Waals surface area contributed by atoms with Crippen molar-refractivity contribution >= 4 is 85.6 Å². The van der Waals surface area contributed by atoms with Crippen molar-refractivity contribution in [2.24, 2.45) is 9.98 Å². The monoisotopic (exact) mass is 1500 g/mol. The molecule has 4 unspecified atom stereocenters. The molecule has 0 amide bonds. The number of nitrogens with one attached hydrogen (secondary N) is 10. The zero-order chi connectivity index (χ0) is 63.6. The van der Waals surface area contributed by atoms with Crippen LogP contribution in [0.2, 0.25) is 0 Å². The van der Waals surface area contributed by atoms with E-state index in [2.05, 4.69) is 116 Å². The standard InChI is InChI=1S/C23H39N5.C21H35N5S.C21H31N5.6ClH.3Mn/c1-16-18-12-7-13-19(28-18)17(2)27-23-11-6-4-9-21(23)25-15-14-24-20-8-3-5-10-22(20)26-16;27-17-11-15-13-24-20-7-3-1-5-18(20)22-9-10-23-19-6-2-4-8-21(19)25-14-16(12-17)26-15;1-3-10-20-18(8-1)22-12-13-23-19-9-2-4-11-21(19)25-15-17-7-5-6-16(26-17)14-24-20;;;;;;;;;/h7,12-13,16-17,20-27H,3-6,8-11,14-15H2,1-2H3;11-12,18-25H,1-10,13-14H2,(H,26,27);5-7,14-15,18-23H,1-4,8-13H2;6*1H;;;/q;;;;;;;;;3*+2/p-6/t16-,17+,20+,21?,22?,23+;18-,19-,20-,21-;18-,19?,20?,21-;;;;;;;;;/m011........./s1. The number of pyridine rings is 3. The van der Waals surface area contributed by atoms with Crippen LogP contribution in [0.25, 0.3) is 0 Å². The molecule has 6 fully saturated rings. The van der Waals surface area contributed by atoms with Crippen LogP contribution < -0.4 is 53.2 Å². The van der Waals surface area contributed by atoms with Gasteiger partial charge in [0.1, 0.15) is 0 Å². The van der Waals surface area contributed by atoms with Gasteiger partial charge in [-0.3, -0.25) is 20.0 Å². The van der Waals surface area contributed by atoms with Crippen molar-refractivity contribution in [1.82, 2.24) is 68.1 Å². The molecule has 0 spiro atoms. The zero-order valence-corrected chi connectivity index (χ0v) is 62.0. The second kappa shape index (κ2) is 45.6. The molecule has 509 valence electrons. The number of aromatic nitrogens is 3. The van der Waals surface area contributed by atoms with Gasteiger partial charge in [-0.1, -0.05) is 89.2 Å². The van der Waals surface area contributed by atoms with Crippen molar-refractivity contribution in [2.45, 2.75) is 271 Å². The molecule has 6 aliphatic carbocycles. The quantitative estimate of drug-likeness (QED) is 0.0756. The number of hydrogen-bond acceptors (Lipinski definition) is 16. The summed E-state index contributed by atoms with van der Waals surface area (Å²) >= 11 is 4.65. The maximum absolute atomic E-state index is 5.06. The van der Waals surface area contributed by atoms with E-state index in [-0.39, 0.29) is 51.5 Å². The van der Waals surface area contributed by atoms with Gasteiger partial charge in [-0.25, -0.2) is 4.98 Å². The van der Waals surface area contributed by atoms with Crippen LogP contribution in [0.4, 0.5) is 0 Å². The summed E-state index contributed by atoms with van der Waals surface area (Å²) < 4.78 is 0. The number of aliphatic imine (C=N–C) groups is 2. The first-order valence-corrected chi connectivity index (χ1v) is 44.0. The van der Waals surface area contributed by atoms with Gasteiger partial charge in [-0.2, -0.15) is 0 Å². The molecule has 90 heavy (non-hydrogen) atoms. The van der Waals surface area contributed by atoms with Gasteiger partial charge in [-0.05, 0) is 127 Å². The first kappa shape index (κ1) is 77.4. The predicted molar refractivity (Wildman–Crippen MR) is 371 cm³/mol. The van der Waals surface area contributed by atoms with E-state index < -0.39 is 0 Å². The van der Waals surface area contributed by atoms with Gasteiger partial charge >= 0.3 is 100.0 Å². The molecular weight excluding hydrogens is 1400 g/mol. The average Bonchev–Trinajstić information content (AvgIpc) is 2.68. The SMILES string of the molecule is C1=NC2CCCC[C@H]2NCCNC2CCCC[C@H]2N=Cc2cccc1n2.C[C@@H]1NC2CCCC[C@H]2NCCNC2CCCC[C@H]2N[C@H](C)c2cccc1n2.Sc1cc2nc(c1)CN[C@@H]1CCCC[C@H]1NCCN[C@@H]1CCCC[C@H]1NC2.[Cl][Mn][Cl].[Cl][Mn][Cl].[Cl][Mn][Cl]. The third-order valence-electron chi connectivity index (χ3n) is 19.5. The molecule has 3 aliphatic heterocycles. The van der Waals surface area contributed by atoms with Crippen molar-refractivity contribution in [2.75, 3.05) is 39.3 Å². The Bertz CT molecular complexity index is 2340. The van der Waals surface area contributed by atoms with Crippen molar-refractivity contribution in [3.05, 3.63) is 82.7 Å². The second-order valence-corrected chi connectivity index (χ2v) is 32.0. The van der Waals surface area contributed by atoms with E-state index in [1.54, 1.807) is 0 Å². The van der Waals surface area contributed by atoms with E-state index >= 15 is 0 Å². The number of rotatable bonds is 0. The minimum atomic E-state index is 0.00694. The van der Waals surface area contributed by atoms with Crippen LogP contribution >= 0.6 is 73.2 Å². The number of halogens is 6. The normalized spacial score (nSPS) is 31.8. The maximum atomic E-state index is 5.06. The molecule has 3 aromatic rings. The Kier molecular flexibility index (Phi) is 39.2. The van der Waals surface area contributed by atoms with Crippen LogP contribution in [-0.2, 0) is 52.5 Å². The third-order valence-corrected chi connectivity index (χ3v) is 19.8. The van der Waals surface area contributed by atoms with Gasteiger partial charge in [-0.15, -0.1) is 12.6 Å². The van der Waals surface area contributed by atoms with Crippen LogP contribution in [0.15, 0.2) is 63.4 Å². The average molecular weight is 1510 g/mol. The molecule has 0 radical (unpaired) electrons. The summed E-state index contributed by atoms with van der Waals surface area (Å²) in [7, 11) is 28.8. The second-order valence-electron chi connectivity index (χ2n) is 25.7. The Labute approximate surface area is 590 Å². The van der Waals surface area contributed by atoms with Crippen molar-refractivity contribution in [3.8, 4) is 0 Å². The van der Waals surface area contributed by atoms with Crippen LogP contribution in [0.3, 0.4) is 0 Å². The number of nitrogens with zero attached hydrogens (tertiary/aromatic N) is 5. The fourth-order valence-electron chi connectivity index (χ4n) is 15.0. The van der Waals surface area contributed by atoms with E-state index in [9.17, 15) is 0 Å². The fourth-order valence-corrected chi connectivity index (χ4v) is 15.3.